The predicted octanol–water partition coefficient (Wildman–Crippen LogP) is 3.06. The van der Waals surface area contributed by atoms with E-state index in [9.17, 15) is 4.79 Å². The Balaban J connectivity index is 1.42. The van der Waals surface area contributed by atoms with Crippen LogP contribution in [0.3, 0.4) is 0 Å². The van der Waals surface area contributed by atoms with E-state index in [0.29, 0.717) is 22.6 Å². The second kappa shape index (κ2) is 8.66. The van der Waals surface area contributed by atoms with Crippen LogP contribution in [0.2, 0.25) is 10.0 Å². The average Bonchev–Trinajstić information content (AvgIpc) is 3.18. The van der Waals surface area contributed by atoms with Crippen molar-refractivity contribution in [3.05, 3.63) is 33.8 Å². The van der Waals surface area contributed by atoms with E-state index in [-0.39, 0.29) is 11.9 Å². The van der Waals surface area contributed by atoms with Gasteiger partial charge in [0.15, 0.2) is 0 Å². The summed E-state index contributed by atoms with van der Waals surface area (Å²) in [4.78, 5) is 17.7. The molecule has 3 fully saturated rings. The van der Waals surface area contributed by atoms with Gasteiger partial charge >= 0.3 is 0 Å². The Morgan fingerprint density at radius 1 is 1.15 bits per heavy atom. The van der Waals surface area contributed by atoms with E-state index in [0.717, 1.165) is 44.1 Å². The predicted molar refractivity (Wildman–Crippen MR) is 109 cm³/mol. The van der Waals surface area contributed by atoms with E-state index >= 15 is 0 Å². The van der Waals surface area contributed by atoms with Gasteiger partial charge in [-0.2, -0.15) is 0 Å². The lowest BCUT2D eigenvalue weighted by Crippen LogP contribution is -2.47. The zero-order valence-electron chi connectivity index (χ0n) is 15.6. The fourth-order valence-corrected chi connectivity index (χ4v) is 4.49. The molecule has 1 aromatic rings. The van der Waals surface area contributed by atoms with Gasteiger partial charge in [-0.15, -0.1) is 0 Å². The lowest BCUT2D eigenvalue weighted by Gasteiger charge is -2.28. The van der Waals surface area contributed by atoms with Crippen LogP contribution < -0.4 is 10.9 Å². The lowest BCUT2D eigenvalue weighted by atomic mass is 10.0. The number of halogens is 2. The van der Waals surface area contributed by atoms with Gasteiger partial charge in [0.1, 0.15) is 6.04 Å². The van der Waals surface area contributed by atoms with Gasteiger partial charge < -0.3 is 9.80 Å². The third kappa shape index (κ3) is 4.96. The number of hydrazine groups is 1. The topological polar surface area (TPSA) is 47.6 Å². The van der Waals surface area contributed by atoms with Crippen LogP contribution in [0, 0.1) is 5.92 Å². The van der Waals surface area contributed by atoms with Crippen LogP contribution in [0.4, 0.5) is 0 Å². The van der Waals surface area contributed by atoms with Crippen LogP contribution >= 0.6 is 23.2 Å². The first kappa shape index (κ1) is 19.5. The van der Waals surface area contributed by atoms with Crippen LogP contribution in [0.5, 0.6) is 0 Å². The van der Waals surface area contributed by atoms with Crippen molar-refractivity contribution in [2.45, 2.75) is 50.7 Å². The van der Waals surface area contributed by atoms with Crippen molar-refractivity contribution in [3.8, 4) is 0 Å². The van der Waals surface area contributed by atoms with Gasteiger partial charge in [-0.3, -0.25) is 10.2 Å². The van der Waals surface area contributed by atoms with Crippen LogP contribution in [0.15, 0.2) is 18.2 Å². The Bertz CT molecular complexity index is 676. The molecule has 0 radical (unpaired) electrons. The van der Waals surface area contributed by atoms with Gasteiger partial charge in [0, 0.05) is 25.7 Å². The fraction of sp³-hybridized carbons (Fsp3) is 0.650. The molecule has 0 spiro atoms. The highest BCUT2D eigenvalue weighted by atomic mass is 35.5. The summed E-state index contributed by atoms with van der Waals surface area (Å²) in [6.45, 7) is 4.52. The summed E-state index contributed by atoms with van der Waals surface area (Å²) in [6, 6.07) is 5.92. The van der Waals surface area contributed by atoms with E-state index in [1.807, 2.05) is 17.0 Å². The first-order valence-electron chi connectivity index (χ1n) is 10.1. The number of hydrogen-bond donors (Lipinski definition) is 2. The molecule has 2 aliphatic heterocycles. The van der Waals surface area contributed by atoms with Crippen molar-refractivity contribution in [3.63, 3.8) is 0 Å². The summed E-state index contributed by atoms with van der Waals surface area (Å²) in [6.07, 6.45) is 5.96. The maximum absolute atomic E-state index is 13.2. The van der Waals surface area contributed by atoms with Gasteiger partial charge in [-0.25, -0.2) is 5.43 Å². The summed E-state index contributed by atoms with van der Waals surface area (Å²) in [7, 11) is 0. The highest BCUT2D eigenvalue weighted by Crippen LogP contribution is 2.36. The molecule has 148 valence electrons. The summed E-state index contributed by atoms with van der Waals surface area (Å²) in [5, 5.41) is 1.08. The van der Waals surface area contributed by atoms with Gasteiger partial charge in [0.2, 0.25) is 5.91 Å². The highest BCUT2D eigenvalue weighted by molar-refractivity contribution is 6.42. The molecule has 2 atom stereocenters. The first-order valence-corrected chi connectivity index (χ1v) is 10.8. The molecule has 5 nitrogen and oxygen atoms in total. The smallest absolute Gasteiger partial charge is 0.241 e. The molecular formula is C20H28Cl2N4O. The standard InChI is InChI=1S/C20H28Cl2N4O/c21-16-6-3-14(11-17(16)22)13-26(10-9-25-7-1-2-8-25)20(27)19-12-18(23-24-19)15-4-5-15/h3,6,11,15,18-19,23-24H,1-2,4-5,7-10,12-13H2. The number of rotatable bonds is 7. The van der Waals surface area contributed by atoms with Crippen LogP contribution in [-0.4, -0.2) is 54.0 Å². The molecule has 1 amide bonds. The number of nitrogens with zero attached hydrogens (tertiary/aromatic N) is 2. The molecule has 2 saturated heterocycles. The van der Waals surface area contributed by atoms with E-state index < -0.39 is 0 Å². The molecule has 4 rings (SSSR count). The number of benzene rings is 1. The molecular weight excluding hydrogens is 383 g/mol. The van der Waals surface area contributed by atoms with Crippen molar-refractivity contribution in [1.82, 2.24) is 20.7 Å². The summed E-state index contributed by atoms with van der Waals surface area (Å²) >= 11 is 12.2. The maximum Gasteiger partial charge on any atom is 0.241 e. The molecule has 1 aliphatic carbocycles. The minimum absolute atomic E-state index is 0.142. The minimum Gasteiger partial charge on any atom is -0.336 e. The molecule has 2 heterocycles. The van der Waals surface area contributed by atoms with E-state index in [1.165, 1.54) is 25.7 Å². The molecule has 7 heteroatoms. The fourth-order valence-electron chi connectivity index (χ4n) is 4.17. The second-order valence-electron chi connectivity index (χ2n) is 8.08. The number of nitrogens with one attached hydrogen (secondary N) is 2. The first-order chi connectivity index (χ1) is 13.1. The monoisotopic (exact) mass is 410 g/mol. The van der Waals surface area contributed by atoms with Gasteiger partial charge in [-0.05, 0) is 68.8 Å². The van der Waals surface area contributed by atoms with Crippen LogP contribution in [-0.2, 0) is 11.3 Å². The molecule has 0 aromatic heterocycles. The highest BCUT2D eigenvalue weighted by Gasteiger charge is 2.40. The van der Waals surface area contributed by atoms with Gasteiger partial charge in [-0.1, -0.05) is 29.3 Å². The number of likely N-dealkylation sites (tertiary alicyclic amines) is 1. The molecule has 3 aliphatic rings. The summed E-state index contributed by atoms with van der Waals surface area (Å²) in [5.41, 5.74) is 7.59. The number of amides is 1. The van der Waals surface area contributed by atoms with Crippen LogP contribution in [0.25, 0.3) is 0 Å². The Morgan fingerprint density at radius 3 is 2.63 bits per heavy atom. The summed E-state index contributed by atoms with van der Waals surface area (Å²) < 4.78 is 0. The normalized spacial score (nSPS) is 25.9. The minimum atomic E-state index is -0.142. The summed E-state index contributed by atoms with van der Waals surface area (Å²) in [5.74, 6) is 0.916. The van der Waals surface area contributed by atoms with Crippen molar-refractivity contribution in [2.24, 2.45) is 5.92 Å². The molecule has 2 N–H and O–H groups in total. The van der Waals surface area contributed by atoms with Gasteiger partial charge in [0.25, 0.3) is 0 Å². The number of carbonyl (C=O) groups excluding carboxylic acids is 1. The van der Waals surface area contributed by atoms with Crippen LogP contribution in [0.1, 0.15) is 37.7 Å². The Kier molecular flexibility index (Phi) is 6.25. The van der Waals surface area contributed by atoms with E-state index in [1.54, 1.807) is 6.07 Å². The van der Waals surface area contributed by atoms with Gasteiger partial charge in [0.05, 0.1) is 10.0 Å². The van der Waals surface area contributed by atoms with Crippen molar-refractivity contribution < 1.29 is 4.79 Å². The van der Waals surface area contributed by atoms with E-state index in [4.69, 9.17) is 23.2 Å². The number of hydrogen-bond acceptors (Lipinski definition) is 4. The Hall–Kier alpha value is -0.850. The quantitative estimate of drug-likeness (QED) is 0.724. The zero-order chi connectivity index (χ0) is 18.8. The third-order valence-electron chi connectivity index (χ3n) is 5.98. The third-order valence-corrected chi connectivity index (χ3v) is 6.71. The molecule has 2 unspecified atom stereocenters. The van der Waals surface area contributed by atoms with Crippen molar-refractivity contribution in [1.29, 1.82) is 0 Å². The Labute approximate surface area is 171 Å². The van der Waals surface area contributed by atoms with Crippen molar-refractivity contribution >= 4 is 29.1 Å². The molecule has 27 heavy (non-hydrogen) atoms. The Morgan fingerprint density at radius 2 is 1.93 bits per heavy atom. The second-order valence-corrected chi connectivity index (χ2v) is 8.89. The maximum atomic E-state index is 13.2. The largest absolute Gasteiger partial charge is 0.336 e. The van der Waals surface area contributed by atoms with E-state index in [2.05, 4.69) is 15.8 Å². The SMILES string of the molecule is O=C(C1CC(C2CC2)NN1)N(CCN1CCCC1)Cc1ccc(Cl)c(Cl)c1. The molecule has 1 aromatic carbocycles. The average molecular weight is 411 g/mol. The number of carbonyl (C=O) groups is 1. The molecule has 0 bridgehead atoms. The molecule has 1 saturated carbocycles. The van der Waals surface area contributed by atoms with Crippen molar-refractivity contribution in [2.75, 3.05) is 26.2 Å². The zero-order valence-corrected chi connectivity index (χ0v) is 17.1. The lowest BCUT2D eigenvalue weighted by molar-refractivity contribution is -0.134.